The number of benzene rings is 1. The van der Waals surface area contributed by atoms with Gasteiger partial charge < -0.3 is 5.32 Å². The molecule has 1 aliphatic carbocycles. The Labute approximate surface area is 136 Å². The quantitative estimate of drug-likeness (QED) is 0.882. The van der Waals surface area contributed by atoms with E-state index in [2.05, 4.69) is 47.5 Å². The van der Waals surface area contributed by atoms with Crippen molar-refractivity contribution in [1.82, 2.24) is 10.2 Å². The van der Waals surface area contributed by atoms with Crippen LogP contribution in [0.4, 0.5) is 0 Å². The summed E-state index contributed by atoms with van der Waals surface area (Å²) >= 11 is 0. The number of piperidine rings is 1. The van der Waals surface area contributed by atoms with Gasteiger partial charge in [0.15, 0.2) is 0 Å². The minimum atomic E-state index is 0.689. The van der Waals surface area contributed by atoms with Gasteiger partial charge >= 0.3 is 0 Å². The highest BCUT2D eigenvalue weighted by Gasteiger charge is 2.25. The van der Waals surface area contributed by atoms with Crippen molar-refractivity contribution >= 4 is 0 Å². The standard InChI is InChI=1S/C20H32N2/c1-17-12-20(21-13-18-8-4-2-5-9-18)16-22(14-17)15-19-10-6-3-7-11-19/h3,6-7,10-11,17-18,20-21H,2,4-5,8-9,12-16H2,1H3. The summed E-state index contributed by atoms with van der Waals surface area (Å²) in [6.07, 6.45) is 8.60. The largest absolute Gasteiger partial charge is 0.312 e. The van der Waals surface area contributed by atoms with Crippen LogP contribution < -0.4 is 5.32 Å². The summed E-state index contributed by atoms with van der Waals surface area (Å²) in [5.41, 5.74) is 1.45. The Morgan fingerprint density at radius 1 is 1.05 bits per heavy atom. The molecule has 1 aromatic rings. The lowest BCUT2D eigenvalue weighted by Crippen LogP contribution is -2.49. The van der Waals surface area contributed by atoms with Crippen LogP contribution in [0.1, 0.15) is 51.0 Å². The second kappa shape index (κ2) is 8.12. The number of hydrogen-bond acceptors (Lipinski definition) is 2. The SMILES string of the molecule is CC1CC(NCC2CCCCC2)CN(Cc2ccccc2)C1. The second-order valence-electron chi connectivity index (χ2n) is 7.63. The van der Waals surface area contributed by atoms with Crippen LogP contribution in [0.3, 0.4) is 0 Å². The van der Waals surface area contributed by atoms with E-state index in [4.69, 9.17) is 0 Å². The first kappa shape index (κ1) is 16.0. The zero-order valence-corrected chi connectivity index (χ0v) is 14.1. The molecule has 1 N–H and O–H groups in total. The first-order valence-corrected chi connectivity index (χ1v) is 9.29. The molecule has 0 aromatic heterocycles. The average Bonchev–Trinajstić information content (AvgIpc) is 2.54. The molecule has 3 rings (SSSR count). The minimum Gasteiger partial charge on any atom is -0.312 e. The highest BCUT2D eigenvalue weighted by atomic mass is 15.2. The Kier molecular flexibility index (Phi) is 5.91. The molecule has 1 saturated carbocycles. The summed E-state index contributed by atoms with van der Waals surface area (Å²) < 4.78 is 0. The van der Waals surface area contributed by atoms with Crippen LogP contribution in [0.25, 0.3) is 0 Å². The van der Waals surface area contributed by atoms with E-state index in [1.165, 1.54) is 63.7 Å². The summed E-state index contributed by atoms with van der Waals surface area (Å²) in [5, 5.41) is 3.90. The molecule has 2 nitrogen and oxygen atoms in total. The number of nitrogens with zero attached hydrogens (tertiary/aromatic N) is 1. The lowest BCUT2D eigenvalue weighted by molar-refractivity contribution is 0.138. The van der Waals surface area contributed by atoms with Crippen LogP contribution in [-0.4, -0.2) is 30.6 Å². The monoisotopic (exact) mass is 300 g/mol. The van der Waals surface area contributed by atoms with E-state index in [9.17, 15) is 0 Å². The Morgan fingerprint density at radius 3 is 2.59 bits per heavy atom. The van der Waals surface area contributed by atoms with Crippen LogP contribution in [0.15, 0.2) is 30.3 Å². The van der Waals surface area contributed by atoms with Gasteiger partial charge in [-0.05, 0) is 43.2 Å². The van der Waals surface area contributed by atoms with Gasteiger partial charge in [0.1, 0.15) is 0 Å². The summed E-state index contributed by atoms with van der Waals surface area (Å²) in [6.45, 7) is 7.22. The smallest absolute Gasteiger partial charge is 0.0234 e. The molecule has 2 atom stereocenters. The van der Waals surface area contributed by atoms with E-state index in [-0.39, 0.29) is 0 Å². The van der Waals surface area contributed by atoms with E-state index in [1.54, 1.807) is 0 Å². The van der Waals surface area contributed by atoms with Gasteiger partial charge in [-0.15, -0.1) is 0 Å². The molecule has 2 fully saturated rings. The third-order valence-corrected chi connectivity index (χ3v) is 5.40. The molecule has 0 spiro atoms. The first-order valence-electron chi connectivity index (χ1n) is 9.29. The van der Waals surface area contributed by atoms with Gasteiger partial charge in [-0.3, -0.25) is 4.90 Å². The summed E-state index contributed by atoms with van der Waals surface area (Å²) in [4.78, 5) is 2.64. The zero-order chi connectivity index (χ0) is 15.2. The molecule has 2 aliphatic rings. The molecule has 0 bridgehead atoms. The highest BCUT2D eigenvalue weighted by molar-refractivity contribution is 5.14. The van der Waals surface area contributed by atoms with Crippen LogP contribution in [0.2, 0.25) is 0 Å². The van der Waals surface area contributed by atoms with Crippen LogP contribution >= 0.6 is 0 Å². The van der Waals surface area contributed by atoms with E-state index in [1.807, 2.05) is 0 Å². The number of nitrogens with one attached hydrogen (secondary N) is 1. The molecule has 2 unspecified atom stereocenters. The maximum Gasteiger partial charge on any atom is 0.0234 e. The van der Waals surface area contributed by atoms with Crippen LogP contribution in [-0.2, 0) is 6.54 Å². The lowest BCUT2D eigenvalue weighted by atomic mass is 9.88. The topological polar surface area (TPSA) is 15.3 Å². The predicted molar refractivity (Wildman–Crippen MR) is 93.9 cm³/mol. The third-order valence-electron chi connectivity index (χ3n) is 5.40. The van der Waals surface area contributed by atoms with Crippen molar-refractivity contribution in [2.75, 3.05) is 19.6 Å². The fourth-order valence-electron chi connectivity index (χ4n) is 4.30. The first-order chi connectivity index (χ1) is 10.8. The van der Waals surface area contributed by atoms with Gasteiger partial charge in [0, 0.05) is 25.7 Å². The highest BCUT2D eigenvalue weighted by Crippen LogP contribution is 2.24. The van der Waals surface area contributed by atoms with Gasteiger partial charge in [-0.25, -0.2) is 0 Å². The van der Waals surface area contributed by atoms with Crippen molar-refractivity contribution in [1.29, 1.82) is 0 Å². The molecule has 2 heteroatoms. The molecule has 1 heterocycles. The van der Waals surface area contributed by atoms with Crippen molar-refractivity contribution in [2.45, 2.75) is 58.0 Å². The number of hydrogen-bond donors (Lipinski definition) is 1. The zero-order valence-electron chi connectivity index (χ0n) is 14.1. The van der Waals surface area contributed by atoms with E-state index in [0.29, 0.717) is 6.04 Å². The molecule has 22 heavy (non-hydrogen) atoms. The summed E-state index contributed by atoms with van der Waals surface area (Å²) in [7, 11) is 0. The maximum absolute atomic E-state index is 3.90. The Balaban J connectivity index is 1.47. The third kappa shape index (κ3) is 4.82. The molecule has 1 aromatic carbocycles. The molecule has 1 aliphatic heterocycles. The Morgan fingerprint density at radius 2 is 1.82 bits per heavy atom. The molecule has 122 valence electrons. The van der Waals surface area contributed by atoms with E-state index < -0.39 is 0 Å². The molecular weight excluding hydrogens is 268 g/mol. The van der Waals surface area contributed by atoms with E-state index >= 15 is 0 Å². The fourth-order valence-corrected chi connectivity index (χ4v) is 4.30. The van der Waals surface area contributed by atoms with Gasteiger partial charge in [-0.1, -0.05) is 56.5 Å². The van der Waals surface area contributed by atoms with Gasteiger partial charge in [0.2, 0.25) is 0 Å². The van der Waals surface area contributed by atoms with Gasteiger partial charge in [0.25, 0.3) is 0 Å². The van der Waals surface area contributed by atoms with Crippen molar-refractivity contribution in [2.24, 2.45) is 11.8 Å². The Bertz CT molecular complexity index is 425. The van der Waals surface area contributed by atoms with Gasteiger partial charge in [-0.2, -0.15) is 0 Å². The van der Waals surface area contributed by atoms with Crippen molar-refractivity contribution in [3.05, 3.63) is 35.9 Å². The van der Waals surface area contributed by atoms with Crippen LogP contribution in [0.5, 0.6) is 0 Å². The predicted octanol–water partition coefficient (Wildman–Crippen LogP) is 4.07. The molecule has 0 amide bonds. The molecule has 0 radical (unpaired) electrons. The normalized spacial score (nSPS) is 27.9. The van der Waals surface area contributed by atoms with Gasteiger partial charge in [0.05, 0.1) is 0 Å². The summed E-state index contributed by atoms with van der Waals surface area (Å²) in [5.74, 6) is 1.75. The minimum absolute atomic E-state index is 0.689. The molecule has 1 saturated heterocycles. The molecular formula is C20H32N2. The second-order valence-corrected chi connectivity index (χ2v) is 7.63. The van der Waals surface area contributed by atoms with Crippen molar-refractivity contribution in [3.8, 4) is 0 Å². The summed E-state index contributed by atoms with van der Waals surface area (Å²) in [6, 6.07) is 11.6. The fraction of sp³-hybridized carbons (Fsp3) is 0.700. The maximum atomic E-state index is 3.90. The van der Waals surface area contributed by atoms with Crippen molar-refractivity contribution in [3.63, 3.8) is 0 Å². The number of likely N-dealkylation sites (tertiary alicyclic amines) is 1. The average molecular weight is 300 g/mol. The van der Waals surface area contributed by atoms with E-state index in [0.717, 1.165) is 18.4 Å². The van der Waals surface area contributed by atoms with Crippen LogP contribution in [0, 0.1) is 11.8 Å². The lowest BCUT2D eigenvalue weighted by Gasteiger charge is -2.38. The number of rotatable bonds is 5. The Hall–Kier alpha value is -0.860. The van der Waals surface area contributed by atoms with Crippen molar-refractivity contribution < 1.29 is 0 Å².